The van der Waals surface area contributed by atoms with Crippen molar-refractivity contribution in [3.8, 4) is 11.1 Å². The average Bonchev–Trinajstić information content (AvgIpc) is 3.32. The third kappa shape index (κ3) is 4.61. The first-order valence-electron chi connectivity index (χ1n) is 11.0. The van der Waals surface area contributed by atoms with Gasteiger partial charge in [0.05, 0.1) is 6.61 Å². The van der Waals surface area contributed by atoms with E-state index in [-0.39, 0.29) is 18.4 Å². The Kier molecular flexibility index (Phi) is 6.44. The summed E-state index contributed by atoms with van der Waals surface area (Å²) >= 11 is 0. The van der Waals surface area contributed by atoms with Gasteiger partial charge in [-0.3, -0.25) is 4.79 Å². The number of rotatable bonds is 7. The second-order valence-corrected chi connectivity index (χ2v) is 8.67. The summed E-state index contributed by atoms with van der Waals surface area (Å²) in [5.41, 5.74) is 4.55. The van der Waals surface area contributed by atoms with Crippen LogP contribution in [0.15, 0.2) is 48.5 Å². The number of esters is 1. The summed E-state index contributed by atoms with van der Waals surface area (Å²) in [6, 6.07) is 14.8. The van der Waals surface area contributed by atoms with E-state index in [1.54, 1.807) is 0 Å². The van der Waals surface area contributed by atoms with E-state index in [1.165, 1.54) is 0 Å². The molecule has 0 aromatic heterocycles. The smallest absolute Gasteiger partial charge is 0.407 e. The van der Waals surface area contributed by atoms with E-state index in [9.17, 15) is 14.4 Å². The van der Waals surface area contributed by atoms with Crippen molar-refractivity contribution in [1.82, 2.24) is 10.6 Å². The molecule has 2 amide bonds. The van der Waals surface area contributed by atoms with E-state index in [0.717, 1.165) is 22.3 Å². The minimum Gasteiger partial charge on any atom is -0.464 e. The molecule has 1 heterocycles. The molecule has 7 nitrogen and oxygen atoms in total. The summed E-state index contributed by atoms with van der Waals surface area (Å²) in [6.45, 7) is 4.39. The summed E-state index contributed by atoms with van der Waals surface area (Å²) in [6.07, 6.45) is 0.212. The molecule has 0 unspecified atom stereocenters. The summed E-state index contributed by atoms with van der Waals surface area (Å²) in [7, 11) is 0. The van der Waals surface area contributed by atoms with E-state index in [4.69, 9.17) is 9.47 Å². The van der Waals surface area contributed by atoms with Crippen LogP contribution in [0.3, 0.4) is 0 Å². The van der Waals surface area contributed by atoms with Crippen molar-refractivity contribution in [3.05, 3.63) is 59.7 Å². The van der Waals surface area contributed by atoms with Gasteiger partial charge in [0.15, 0.2) is 0 Å². The highest BCUT2D eigenvalue weighted by molar-refractivity contribution is 5.90. The minimum atomic E-state index is -0.793. The Balaban J connectivity index is 1.40. The summed E-state index contributed by atoms with van der Waals surface area (Å²) in [5, 5.41) is 5.36. The van der Waals surface area contributed by atoms with Gasteiger partial charge in [0.1, 0.15) is 18.7 Å². The highest BCUT2D eigenvalue weighted by atomic mass is 16.5. The van der Waals surface area contributed by atoms with E-state index in [2.05, 4.69) is 34.9 Å². The van der Waals surface area contributed by atoms with Crippen LogP contribution in [0.2, 0.25) is 0 Å². The molecule has 1 aliphatic heterocycles. The van der Waals surface area contributed by atoms with Gasteiger partial charge in [0.25, 0.3) is 0 Å². The first-order valence-corrected chi connectivity index (χ1v) is 11.0. The molecular formula is C25H28N2O5. The van der Waals surface area contributed by atoms with Crippen LogP contribution in [0.4, 0.5) is 4.79 Å². The van der Waals surface area contributed by atoms with Gasteiger partial charge < -0.3 is 20.1 Å². The lowest BCUT2D eigenvalue weighted by Crippen LogP contribution is -2.51. The second kappa shape index (κ2) is 9.42. The molecule has 168 valence electrons. The molecule has 0 bridgehead atoms. The number of cyclic esters (lactones) is 1. The first kappa shape index (κ1) is 21.9. The number of ether oxygens (including phenoxy) is 2. The Bertz CT molecular complexity index is 973. The van der Waals surface area contributed by atoms with Gasteiger partial charge in [0.2, 0.25) is 5.91 Å². The van der Waals surface area contributed by atoms with Crippen molar-refractivity contribution in [2.24, 2.45) is 5.92 Å². The second-order valence-electron chi connectivity index (χ2n) is 8.67. The van der Waals surface area contributed by atoms with E-state index in [1.807, 2.05) is 38.1 Å². The normalized spacial score (nSPS) is 18.0. The molecule has 2 aromatic carbocycles. The zero-order valence-electron chi connectivity index (χ0n) is 18.3. The zero-order chi connectivity index (χ0) is 22.7. The van der Waals surface area contributed by atoms with Crippen molar-refractivity contribution in [1.29, 1.82) is 0 Å². The Labute approximate surface area is 187 Å². The fourth-order valence-electron chi connectivity index (χ4n) is 4.38. The molecular weight excluding hydrogens is 408 g/mol. The van der Waals surface area contributed by atoms with Crippen molar-refractivity contribution >= 4 is 18.0 Å². The van der Waals surface area contributed by atoms with Gasteiger partial charge in [-0.15, -0.1) is 0 Å². The maximum absolute atomic E-state index is 12.7. The SMILES string of the molecule is CC(C)C[C@H](NC(=O)OCC1c2ccccc2-c2ccccc21)C(=O)N[C@H]1CCOC1=O. The van der Waals surface area contributed by atoms with Crippen LogP contribution in [0.1, 0.15) is 43.7 Å². The fraction of sp³-hybridized carbons (Fsp3) is 0.400. The quantitative estimate of drug-likeness (QED) is 0.649. The fourth-order valence-corrected chi connectivity index (χ4v) is 4.38. The Morgan fingerprint density at radius 1 is 1.06 bits per heavy atom. The molecule has 7 heteroatoms. The summed E-state index contributed by atoms with van der Waals surface area (Å²) in [5.74, 6) is -0.743. The van der Waals surface area contributed by atoms with Gasteiger partial charge in [-0.05, 0) is 34.6 Å². The van der Waals surface area contributed by atoms with Crippen molar-refractivity contribution in [2.45, 2.75) is 44.7 Å². The van der Waals surface area contributed by atoms with Crippen LogP contribution in [0.5, 0.6) is 0 Å². The topological polar surface area (TPSA) is 93.7 Å². The van der Waals surface area contributed by atoms with Gasteiger partial charge >= 0.3 is 12.1 Å². The molecule has 0 saturated carbocycles. The van der Waals surface area contributed by atoms with Crippen LogP contribution in [-0.4, -0.2) is 43.3 Å². The third-order valence-corrected chi connectivity index (χ3v) is 5.91. The Morgan fingerprint density at radius 2 is 1.69 bits per heavy atom. The van der Waals surface area contributed by atoms with E-state index in [0.29, 0.717) is 19.4 Å². The molecule has 32 heavy (non-hydrogen) atoms. The standard InChI is InChI=1S/C25H28N2O5/c1-15(2)13-22(23(28)26-21-11-12-31-24(21)29)27-25(30)32-14-20-18-9-5-3-7-16(18)17-8-4-6-10-19(17)20/h3-10,15,20-22H,11-14H2,1-2H3,(H,26,28)(H,27,30)/t21-,22-/m0/s1. The zero-order valence-corrected chi connectivity index (χ0v) is 18.3. The molecule has 2 atom stereocenters. The number of amides is 2. The van der Waals surface area contributed by atoms with Gasteiger partial charge in [-0.25, -0.2) is 9.59 Å². The maximum Gasteiger partial charge on any atom is 0.407 e. The number of carbonyl (C=O) groups excluding carboxylic acids is 3. The van der Waals surface area contributed by atoms with Crippen LogP contribution < -0.4 is 10.6 Å². The number of alkyl carbamates (subject to hydrolysis) is 1. The third-order valence-electron chi connectivity index (χ3n) is 5.91. The van der Waals surface area contributed by atoms with E-state index < -0.39 is 30.1 Å². The number of carbonyl (C=O) groups is 3. The number of fused-ring (bicyclic) bond motifs is 3. The average molecular weight is 437 g/mol. The predicted molar refractivity (Wildman–Crippen MR) is 119 cm³/mol. The van der Waals surface area contributed by atoms with Crippen LogP contribution in [0.25, 0.3) is 11.1 Å². The minimum absolute atomic E-state index is 0.0567. The molecule has 2 N–H and O–H groups in total. The number of hydrogen-bond acceptors (Lipinski definition) is 5. The number of nitrogens with one attached hydrogen (secondary N) is 2. The van der Waals surface area contributed by atoms with Gasteiger partial charge in [-0.2, -0.15) is 0 Å². The summed E-state index contributed by atoms with van der Waals surface area (Å²) in [4.78, 5) is 37.0. The Morgan fingerprint density at radius 3 is 2.25 bits per heavy atom. The van der Waals surface area contributed by atoms with Crippen molar-refractivity contribution in [2.75, 3.05) is 13.2 Å². The maximum atomic E-state index is 12.7. The highest BCUT2D eigenvalue weighted by Crippen LogP contribution is 2.44. The molecule has 1 saturated heterocycles. The predicted octanol–water partition coefficient (Wildman–Crippen LogP) is 3.37. The molecule has 0 radical (unpaired) electrons. The van der Waals surface area contributed by atoms with Crippen molar-refractivity contribution < 1.29 is 23.9 Å². The first-order chi connectivity index (χ1) is 15.4. The highest BCUT2D eigenvalue weighted by Gasteiger charge is 2.32. The van der Waals surface area contributed by atoms with Crippen LogP contribution in [0, 0.1) is 5.92 Å². The van der Waals surface area contributed by atoms with Crippen molar-refractivity contribution in [3.63, 3.8) is 0 Å². The number of benzene rings is 2. The lowest BCUT2D eigenvalue weighted by Gasteiger charge is -2.22. The lowest BCUT2D eigenvalue weighted by atomic mass is 9.98. The molecule has 2 aliphatic rings. The largest absolute Gasteiger partial charge is 0.464 e. The van der Waals surface area contributed by atoms with Crippen LogP contribution in [-0.2, 0) is 19.1 Å². The molecule has 1 aliphatic carbocycles. The summed E-state index contributed by atoms with van der Waals surface area (Å²) < 4.78 is 10.5. The van der Waals surface area contributed by atoms with Crippen LogP contribution >= 0.6 is 0 Å². The molecule has 4 rings (SSSR count). The van der Waals surface area contributed by atoms with Gasteiger partial charge in [-0.1, -0.05) is 62.4 Å². The van der Waals surface area contributed by atoms with Gasteiger partial charge in [0, 0.05) is 12.3 Å². The lowest BCUT2D eigenvalue weighted by molar-refractivity contribution is -0.141. The number of hydrogen-bond donors (Lipinski definition) is 2. The molecule has 0 spiro atoms. The Hall–Kier alpha value is -3.35. The monoisotopic (exact) mass is 436 g/mol. The molecule has 1 fully saturated rings. The molecule has 2 aromatic rings. The van der Waals surface area contributed by atoms with E-state index >= 15 is 0 Å².